The highest BCUT2D eigenvalue weighted by atomic mass is 79.9. The Balaban J connectivity index is 1.73. The minimum atomic E-state index is -3.81. The summed E-state index contributed by atoms with van der Waals surface area (Å²) in [4.78, 5) is 14.5. The van der Waals surface area contributed by atoms with Crippen LogP contribution in [0, 0.1) is 6.92 Å². The predicted molar refractivity (Wildman–Crippen MR) is 124 cm³/mol. The van der Waals surface area contributed by atoms with Crippen LogP contribution >= 0.6 is 15.9 Å². The summed E-state index contributed by atoms with van der Waals surface area (Å²) in [7, 11) is -3.81. The number of esters is 1. The number of benzene rings is 3. The second-order valence-corrected chi connectivity index (χ2v) is 9.09. The largest absolute Gasteiger partial charge is 0.423 e. The van der Waals surface area contributed by atoms with E-state index in [0.29, 0.717) is 5.56 Å². The fourth-order valence-corrected chi connectivity index (χ4v) is 3.69. The number of hydrazone groups is 1. The van der Waals surface area contributed by atoms with Gasteiger partial charge in [-0.25, -0.2) is 9.63 Å². The van der Waals surface area contributed by atoms with E-state index in [1.165, 1.54) is 24.4 Å². The highest BCUT2D eigenvalue weighted by Gasteiger charge is 2.12. The van der Waals surface area contributed by atoms with E-state index in [4.69, 9.17) is 4.74 Å². The lowest BCUT2D eigenvalue weighted by Crippen LogP contribution is -2.18. The minimum absolute atomic E-state index is 0.0993. The summed E-state index contributed by atoms with van der Waals surface area (Å²) >= 11 is 3.34. The standard InChI is InChI=1S/C23H19BrN2O4S/c1-17-7-11-21(12-8-17)31(28,29)26-25-16-19-15-20(24)10-13-22(19)30-23(27)14-9-18-5-3-2-4-6-18/h2-16,26H,1H3/b14-9+,25-16+. The van der Waals surface area contributed by atoms with Gasteiger partial charge in [0.25, 0.3) is 10.0 Å². The van der Waals surface area contributed by atoms with Gasteiger partial charge in [0.1, 0.15) is 5.75 Å². The molecule has 0 fully saturated rings. The maximum absolute atomic E-state index is 12.4. The number of nitrogens with one attached hydrogen (secondary N) is 1. The maximum atomic E-state index is 12.4. The minimum Gasteiger partial charge on any atom is -0.423 e. The molecular formula is C23H19BrN2O4S. The predicted octanol–water partition coefficient (Wildman–Crippen LogP) is 4.69. The van der Waals surface area contributed by atoms with Crippen molar-refractivity contribution in [3.05, 3.63) is 100 Å². The molecule has 0 aliphatic carbocycles. The number of carbonyl (C=O) groups excluding carboxylic acids is 1. The van der Waals surface area contributed by atoms with Crippen molar-refractivity contribution in [2.45, 2.75) is 11.8 Å². The summed E-state index contributed by atoms with van der Waals surface area (Å²) in [5.41, 5.74) is 2.23. The van der Waals surface area contributed by atoms with Gasteiger partial charge in [-0.15, -0.1) is 0 Å². The number of hydrogen-bond donors (Lipinski definition) is 1. The zero-order valence-corrected chi connectivity index (χ0v) is 18.9. The zero-order chi connectivity index (χ0) is 22.3. The molecule has 3 aromatic rings. The molecular weight excluding hydrogens is 480 g/mol. The molecule has 0 spiro atoms. The summed E-state index contributed by atoms with van der Waals surface area (Å²) in [6.45, 7) is 1.87. The first-order valence-electron chi connectivity index (χ1n) is 9.19. The molecule has 1 N–H and O–H groups in total. The van der Waals surface area contributed by atoms with E-state index in [1.54, 1.807) is 36.4 Å². The van der Waals surface area contributed by atoms with Crippen molar-refractivity contribution in [2.24, 2.45) is 5.10 Å². The Bertz CT molecular complexity index is 1220. The molecule has 3 rings (SSSR count). The van der Waals surface area contributed by atoms with E-state index in [9.17, 15) is 13.2 Å². The smallest absolute Gasteiger partial charge is 0.336 e. The van der Waals surface area contributed by atoms with Gasteiger partial charge in [0.15, 0.2) is 0 Å². The molecule has 0 saturated carbocycles. The molecule has 0 aliphatic heterocycles. The molecule has 158 valence electrons. The van der Waals surface area contributed by atoms with Gasteiger partial charge in [-0.1, -0.05) is 64.0 Å². The van der Waals surface area contributed by atoms with Gasteiger partial charge in [0.05, 0.1) is 11.1 Å². The topological polar surface area (TPSA) is 84.8 Å². The third-order valence-electron chi connectivity index (χ3n) is 4.10. The summed E-state index contributed by atoms with van der Waals surface area (Å²) < 4.78 is 30.8. The second-order valence-electron chi connectivity index (χ2n) is 6.51. The number of nitrogens with zero attached hydrogens (tertiary/aromatic N) is 1. The van der Waals surface area contributed by atoms with Gasteiger partial charge in [0.2, 0.25) is 0 Å². The van der Waals surface area contributed by atoms with Crippen molar-refractivity contribution >= 4 is 44.2 Å². The van der Waals surface area contributed by atoms with Gasteiger partial charge < -0.3 is 4.74 Å². The fourth-order valence-electron chi connectivity index (χ4n) is 2.52. The van der Waals surface area contributed by atoms with E-state index in [-0.39, 0.29) is 10.6 Å². The van der Waals surface area contributed by atoms with Crippen molar-refractivity contribution in [1.29, 1.82) is 0 Å². The third kappa shape index (κ3) is 6.63. The molecule has 0 saturated heterocycles. The van der Waals surface area contributed by atoms with Crippen LogP contribution in [-0.2, 0) is 14.8 Å². The lowest BCUT2D eigenvalue weighted by atomic mass is 10.2. The van der Waals surface area contributed by atoms with Crippen molar-refractivity contribution < 1.29 is 17.9 Å². The van der Waals surface area contributed by atoms with E-state index in [0.717, 1.165) is 15.6 Å². The van der Waals surface area contributed by atoms with Crippen molar-refractivity contribution in [3.63, 3.8) is 0 Å². The Kier molecular flexibility index (Phi) is 7.38. The normalized spacial score (nSPS) is 11.7. The number of ether oxygens (including phenoxy) is 1. The molecule has 8 heteroatoms. The Morgan fingerprint density at radius 3 is 2.45 bits per heavy atom. The zero-order valence-electron chi connectivity index (χ0n) is 16.5. The molecule has 0 aliphatic rings. The number of hydrogen-bond acceptors (Lipinski definition) is 5. The monoisotopic (exact) mass is 498 g/mol. The average molecular weight is 499 g/mol. The molecule has 0 bridgehead atoms. The summed E-state index contributed by atoms with van der Waals surface area (Å²) in [5, 5.41) is 3.82. The van der Waals surface area contributed by atoms with Crippen LogP contribution in [0.15, 0.2) is 93.3 Å². The van der Waals surface area contributed by atoms with E-state index >= 15 is 0 Å². The first-order chi connectivity index (χ1) is 14.8. The van der Waals surface area contributed by atoms with Crippen LogP contribution in [0.1, 0.15) is 16.7 Å². The molecule has 0 heterocycles. The first-order valence-corrected chi connectivity index (χ1v) is 11.5. The summed E-state index contributed by atoms with van der Waals surface area (Å²) in [6, 6.07) is 20.7. The van der Waals surface area contributed by atoms with Crippen LogP contribution in [-0.4, -0.2) is 20.6 Å². The molecule has 0 atom stereocenters. The molecule has 3 aromatic carbocycles. The Hall–Kier alpha value is -3.23. The molecule has 6 nitrogen and oxygen atoms in total. The third-order valence-corrected chi connectivity index (χ3v) is 5.83. The van der Waals surface area contributed by atoms with Crippen molar-refractivity contribution in [2.75, 3.05) is 0 Å². The van der Waals surface area contributed by atoms with Crippen LogP contribution in [0.25, 0.3) is 6.08 Å². The average Bonchev–Trinajstić information content (AvgIpc) is 2.75. The van der Waals surface area contributed by atoms with Gasteiger partial charge >= 0.3 is 5.97 Å². The van der Waals surface area contributed by atoms with Gasteiger partial charge in [0, 0.05) is 16.1 Å². The molecule has 0 radical (unpaired) electrons. The fraction of sp³-hybridized carbons (Fsp3) is 0.0435. The van der Waals surface area contributed by atoms with Crippen LogP contribution in [0.3, 0.4) is 0 Å². The van der Waals surface area contributed by atoms with Crippen LogP contribution in [0.4, 0.5) is 0 Å². The van der Waals surface area contributed by atoms with Crippen molar-refractivity contribution in [3.8, 4) is 5.75 Å². The molecule has 0 amide bonds. The van der Waals surface area contributed by atoms with Gasteiger partial charge in [-0.2, -0.15) is 13.5 Å². The van der Waals surface area contributed by atoms with Crippen molar-refractivity contribution in [1.82, 2.24) is 4.83 Å². The Labute approximate surface area is 189 Å². The number of sulfonamides is 1. The van der Waals surface area contributed by atoms with Crippen LogP contribution in [0.5, 0.6) is 5.75 Å². The summed E-state index contributed by atoms with van der Waals surface area (Å²) in [5.74, 6) is -0.328. The Morgan fingerprint density at radius 1 is 1.03 bits per heavy atom. The maximum Gasteiger partial charge on any atom is 0.336 e. The number of carbonyl (C=O) groups is 1. The Morgan fingerprint density at radius 2 is 1.74 bits per heavy atom. The van der Waals surface area contributed by atoms with Crippen LogP contribution < -0.4 is 9.57 Å². The molecule has 0 aromatic heterocycles. The second kappa shape index (κ2) is 10.2. The lowest BCUT2D eigenvalue weighted by Gasteiger charge is -2.07. The van der Waals surface area contributed by atoms with Gasteiger partial charge in [-0.3, -0.25) is 0 Å². The first kappa shape index (κ1) is 22.5. The number of aryl methyl sites for hydroxylation is 1. The van der Waals surface area contributed by atoms with E-state index < -0.39 is 16.0 Å². The van der Waals surface area contributed by atoms with Crippen LogP contribution in [0.2, 0.25) is 0 Å². The summed E-state index contributed by atoms with van der Waals surface area (Å²) in [6.07, 6.45) is 4.24. The van der Waals surface area contributed by atoms with Gasteiger partial charge in [-0.05, 0) is 48.9 Å². The number of rotatable bonds is 7. The lowest BCUT2D eigenvalue weighted by molar-refractivity contribution is -0.128. The SMILES string of the molecule is Cc1ccc(S(=O)(=O)N/N=C/c2cc(Br)ccc2OC(=O)/C=C/c2ccccc2)cc1. The van der Waals surface area contributed by atoms with E-state index in [2.05, 4.69) is 25.9 Å². The van der Waals surface area contributed by atoms with E-state index in [1.807, 2.05) is 37.3 Å². The number of halogens is 1. The highest BCUT2D eigenvalue weighted by Crippen LogP contribution is 2.22. The highest BCUT2D eigenvalue weighted by molar-refractivity contribution is 9.10. The molecule has 31 heavy (non-hydrogen) atoms. The quantitative estimate of drug-likeness (QED) is 0.168. The molecule has 0 unspecified atom stereocenters.